The summed E-state index contributed by atoms with van der Waals surface area (Å²) in [5.74, 6) is 1.59. The molecule has 0 aromatic heterocycles. The molecular weight excluding hydrogens is 352 g/mol. The van der Waals surface area contributed by atoms with Crippen LogP contribution < -0.4 is 19.3 Å². The fraction of sp³-hybridized carbons (Fsp3) is 0.364. The molecule has 1 heterocycles. The SMILES string of the molecule is COc1ccc([C@@H](C#N)[NH+]2CC[NH+]([C@@H](C#N)c3ccc(OC)cc3)CC2)cc1. The van der Waals surface area contributed by atoms with Gasteiger partial charge in [-0.05, 0) is 48.5 Å². The number of quaternary nitrogens is 2. The summed E-state index contributed by atoms with van der Waals surface area (Å²) >= 11 is 0. The Labute approximate surface area is 166 Å². The van der Waals surface area contributed by atoms with Gasteiger partial charge in [0.25, 0.3) is 0 Å². The summed E-state index contributed by atoms with van der Waals surface area (Å²) < 4.78 is 10.4. The summed E-state index contributed by atoms with van der Waals surface area (Å²) in [6.45, 7) is 3.42. The molecule has 1 aliphatic rings. The molecule has 1 fully saturated rings. The van der Waals surface area contributed by atoms with Gasteiger partial charge in [0.1, 0.15) is 49.8 Å². The predicted octanol–water partition coefficient (Wildman–Crippen LogP) is 0.317. The maximum absolute atomic E-state index is 9.73. The van der Waals surface area contributed by atoms with Crippen molar-refractivity contribution in [1.29, 1.82) is 10.5 Å². The highest BCUT2D eigenvalue weighted by atomic mass is 16.5. The molecule has 28 heavy (non-hydrogen) atoms. The Kier molecular flexibility index (Phi) is 6.49. The number of methoxy groups -OCH3 is 2. The zero-order valence-electron chi connectivity index (χ0n) is 16.3. The average molecular weight is 378 g/mol. The highest BCUT2D eigenvalue weighted by Crippen LogP contribution is 2.17. The van der Waals surface area contributed by atoms with E-state index in [9.17, 15) is 10.5 Å². The van der Waals surface area contributed by atoms with E-state index < -0.39 is 0 Å². The first-order valence-electron chi connectivity index (χ1n) is 9.46. The van der Waals surface area contributed by atoms with Crippen molar-refractivity contribution in [3.05, 3.63) is 59.7 Å². The van der Waals surface area contributed by atoms with Crippen molar-refractivity contribution in [3.8, 4) is 23.6 Å². The zero-order valence-corrected chi connectivity index (χ0v) is 16.3. The molecule has 0 spiro atoms. The lowest BCUT2D eigenvalue weighted by Gasteiger charge is -2.34. The van der Waals surface area contributed by atoms with Gasteiger partial charge in [-0.1, -0.05) is 0 Å². The van der Waals surface area contributed by atoms with Crippen LogP contribution in [0.3, 0.4) is 0 Å². The Balaban J connectivity index is 1.66. The number of rotatable bonds is 6. The fourth-order valence-electron chi connectivity index (χ4n) is 3.87. The second-order valence-electron chi connectivity index (χ2n) is 6.99. The number of nitriles is 2. The van der Waals surface area contributed by atoms with Crippen molar-refractivity contribution < 1.29 is 19.3 Å². The fourth-order valence-corrected chi connectivity index (χ4v) is 3.87. The van der Waals surface area contributed by atoms with Gasteiger partial charge in [-0.3, -0.25) is 0 Å². The molecule has 1 aliphatic heterocycles. The highest BCUT2D eigenvalue weighted by Gasteiger charge is 2.34. The minimum absolute atomic E-state index is 0.200. The molecule has 144 valence electrons. The Morgan fingerprint density at radius 2 is 1.00 bits per heavy atom. The second kappa shape index (κ2) is 9.23. The quantitative estimate of drug-likeness (QED) is 0.759. The van der Waals surface area contributed by atoms with Crippen LogP contribution in [-0.4, -0.2) is 40.4 Å². The molecule has 2 aromatic rings. The Hall–Kier alpha value is -3.06. The molecule has 6 nitrogen and oxygen atoms in total. The standard InChI is InChI=1S/C22H24N4O2/c1-27-19-7-3-17(4-8-19)21(15-23)25-11-13-26(14-12-25)22(16-24)18-5-9-20(28-2)10-6-18/h3-10,21-22H,11-14H2,1-2H3/p+2/t21-,22+. The van der Waals surface area contributed by atoms with Gasteiger partial charge in [0.2, 0.25) is 12.1 Å². The first-order valence-corrected chi connectivity index (χ1v) is 9.46. The van der Waals surface area contributed by atoms with Gasteiger partial charge >= 0.3 is 0 Å². The van der Waals surface area contributed by atoms with Gasteiger partial charge in [0.05, 0.1) is 14.2 Å². The molecular formula is C22H26N4O2+2. The predicted molar refractivity (Wildman–Crippen MR) is 104 cm³/mol. The minimum atomic E-state index is -0.200. The molecule has 0 aliphatic carbocycles. The smallest absolute Gasteiger partial charge is 0.201 e. The van der Waals surface area contributed by atoms with Gasteiger partial charge in [-0.2, -0.15) is 10.5 Å². The lowest BCUT2D eigenvalue weighted by Crippen LogP contribution is -3.28. The van der Waals surface area contributed by atoms with Crippen molar-refractivity contribution in [2.45, 2.75) is 12.1 Å². The lowest BCUT2D eigenvalue weighted by atomic mass is 10.0. The van der Waals surface area contributed by atoms with E-state index in [0.29, 0.717) is 0 Å². The molecule has 6 heteroatoms. The molecule has 0 unspecified atom stereocenters. The number of nitrogens with one attached hydrogen (secondary N) is 2. The number of hydrogen-bond donors (Lipinski definition) is 2. The van der Waals surface area contributed by atoms with E-state index in [-0.39, 0.29) is 12.1 Å². The van der Waals surface area contributed by atoms with Crippen LogP contribution in [0, 0.1) is 22.7 Å². The highest BCUT2D eigenvalue weighted by molar-refractivity contribution is 5.31. The molecule has 0 amide bonds. The normalized spacial score (nSPS) is 21.0. The Bertz CT molecular complexity index is 771. The van der Waals surface area contributed by atoms with E-state index in [1.165, 1.54) is 9.80 Å². The van der Waals surface area contributed by atoms with E-state index in [0.717, 1.165) is 48.8 Å². The van der Waals surface area contributed by atoms with Crippen LogP contribution >= 0.6 is 0 Å². The van der Waals surface area contributed by atoms with E-state index in [1.807, 2.05) is 48.5 Å². The molecule has 0 saturated carbocycles. The van der Waals surface area contributed by atoms with Crippen LogP contribution in [0.25, 0.3) is 0 Å². The molecule has 0 bridgehead atoms. The van der Waals surface area contributed by atoms with Crippen LogP contribution in [0.4, 0.5) is 0 Å². The summed E-state index contributed by atoms with van der Waals surface area (Å²) in [4.78, 5) is 2.51. The van der Waals surface area contributed by atoms with Gasteiger partial charge in [-0.15, -0.1) is 0 Å². The Morgan fingerprint density at radius 3 is 1.25 bits per heavy atom. The lowest BCUT2D eigenvalue weighted by molar-refractivity contribution is -1.03. The van der Waals surface area contributed by atoms with Crippen LogP contribution in [0.1, 0.15) is 23.2 Å². The third-order valence-electron chi connectivity index (χ3n) is 5.51. The third kappa shape index (κ3) is 4.26. The van der Waals surface area contributed by atoms with Gasteiger partial charge in [-0.25, -0.2) is 0 Å². The van der Waals surface area contributed by atoms with Gasteiger partial charge in [0.15, 0.2) is 0 Å². The molecule has 1 saturated heterocycles. The van der Waals surface area contributed by atoms with E-state index >= 15 is 0 Å². The van der Waals surface area contributed by atoms with Crippen LogP contribution in [-0.2, 0) is 0 Å². The first kappa shape index (κ1) is 19.7. The van der Waals surface area contributed by atoms with Crippen molar-refractivity contribution in [2.24, 2.45) is 0 Å². The molecule has 2 N–H and O–H groups in total. The zero-order chi connectivity index (χ0) is 19.9. The first-order chi connectivity index (χ1) is 13.7. The van der Waals surface area contributed by atoms with Crippen LogP contribution in [0.2, 0.25) is 0 Å². The molecule has 2 aromatic carbocycles. The van der Waals surface area contributed by atoms with Crippen LogP contribution in [0.5, 0.6) is 11.5 Å². The summed E-state index contributed by atoms with van der Waals surface area (Å²) in [7, 11) is 3.27. The maximum atomic E-state index is 9.73. The van der Waals surface area contributed by atoms with E-state index in [1.54, 1.807) is 14.2 Å². The third-order valence-corrected chi connectivity index (χ3v) is 5.51. The van der Waals surface area contributed by atoms with Gasteiger partial charge < -0.3 is 19.3 Å². The summed E-state index contributed by atoms with van der Waals surface area (Å²) in [6, 6.07) is 20.0. The number of nitrogens with zero attached hydrogens (tertiary/aromatic N) is 2. The Morgan fingerprint density at radius 1 is 0.679 bits per heavy atom. The van der Waals surface area contributed by atoms with E-state index in [4.69, 9.17) is 9.47 Å². The van der Waals surface area contributed by atoms with Crippen molar-refractivity contribution in [1.82, 2.24) is 0 Å². The number of piperazine rings is 1. The topological polar surface area (TPSA) is 74.9 Å². The number of benzene rings is 2. The molecule has 3 rings (SSSR count). The number of hydrogen-bond acceptors (Lipinski definition) is 4. The average Bonchev–Trinajstić information content (AvgIpc) is 2.77. The second-order valence-corrected chi connectivity index (χ2v) is 6.99. The summed E-state index contributed by atoms with van der Waals surface area (Å²) in [5.41, 5.74) is 2.02. The van der Waals surface area contributed by atoms with Crippen LogP contribution in [0.15, 0.2) is 48.5 Å². The van der Waals surface area contributed by atoms with Gasteiger partial charge in [0, 0.05) is 11.1 Å². The summed E-state index contributed by atoms with van der Waals surface area (Å²) in [5, 5.41) is 19.5. The minimum Gasteiger partial charge on any atom is -0.497 e. The molecule has 2 atom stereocenters. The van der Waals surface area contributed by atoms with Crippen molar-refractivity contribution >= 4 is 0 Å². The van der Waals surface area contributed by atoms with Crippen molar-refractivity contribution in [2.75, 3.05) is 40.4 Å². The summed E-state index contributed by atoms with van der Waals surface area (Å²) in [6.07, 6.45) is 0. The molecule has 0 radical (unpaired) electrons. The maximum Gasteiger partial charge on any atom is 0.201 e. The van der Waals surface area contributed by atoms with Crippen molar-refractivity contribution in [3.63, 3.8) is 0 Å². The van der Waals surface area contributed by atoms with E-state index in [2.05, 4.69) is 12.1 Å². The number of ether oxygens (including phenoxy) is 2. The largest absolute Gasteiger partial charge is 0.497 e. The monoisotopic (exact) mass is 378 g/mol.